The van der Waals surface area contributed by atoms with Crippen molar-refractivity contribution in [3.05, 3.63) is 46.0 Å². The highest BCUT2D eigenvalue weighted by molar-refractivity contribution is 7.09. The molecule has 3 atom stereocenters. The molecule has 1 aliphatic heterocycles. The molecule has 0 radical (unpaired) electrons. The number of hydrogen-bond donors (Lipinski definition) is 1. The molecular formula is C22H30N2O2S. The molecule has 2 aliphatic rings. The van der Waals surface area contributed by atoms with E-state index >= 15 is 0 Å². The summed E-state index contributed by atoms with van der Waals surface area (Å²) in [5, 5.41) is 5.29. The van der Waals surface area contributed by atoms with Gasteiger partial charge in [-0.25, -0.2) is 0 Å². The van der Waals surface area contributed by atoms with Crippen molar-refractivity contribution in [3.8, 4) is 0 Å². The van der Waals surface area contributed by atoms with E-state index in [-0.39, 0.29) is 5.91 Å². The van der Waals surface area contributed by atoms with Crippen LogP contribution in [0.2, 0.25) is 0 Å². The van der Waals surface area contributed by atoms with Gasteiger partial charge in [-0.1, -0.05) is 13.0 Å². The summed E-state index contributed by atoms with van der Waals surface area (Å²) in [4.78, 5) is 16.2. The maximum absolute atomic E-state index is 12.2. The molecule has 1 saturated carbocycles. The Labute approximate surface area is 165 Å². The summed E-state index contributed by atoms with van der Waals surface area (Å²) in [6.45, 7) is 6.35. The van der Waals surface area contributed by atoms with Crippen molar-refractivity contribution < 1.29 is 9.21 Å². The first-order chi connectivity index (χ1) is 13.2. The van der Waals surface area contributed by atoms with Gasteiger partial charge in [0.05, 0.1) is 0 Å². The number of furan rings is 1. The lowest BCUT2D eigenvalue weighted by molar-refractivity contribution is -0.121. The third kappa shape index (κ3) is 5.23. The number of likely N-dealkylation sites (tertiary alicyclic amines) is 1. The molecule has 2 aromatic heterocycles. The van der Waals surface area contributed by atoms with Crippen molar-refractivity contribution in [3.63, 3.8) is 0 Å². The van der Waals surface area contributed by atoms with Gasteiger partial charge in [0.2, 0.25) is 5.91 Å². The van der Waals surface area contributed by atoms with Gasteiger partial charge in [0.15, 0.2) is 0 Å². The Hall–Kier alpha value is -1.59. The lowest BCUT2D eigenvalue weighted by Crippen LogP contribution is -2.40. The average molecular weight is 387 g/mol. The zero-order valence-electron chi connectivity index (χ0n) is 16.2. The van der Waals surface area contributed by atoms with E-state index in [0.29, 0.717) is 24.7 Å². The maximum Gasteiger partial charge on any atom is 0.220 e. The smallest absolute Gasteiger partial charge is 0.220 e. The van der Waals surface area contributed by atoms with Gasteiger partial charge in [0.25, 0.3) is 0 Å². The van der Waals surface area contributed by atoms with Crippen molar-refractivity contribution in [2.75, 3.05) is 19.6 Å². The second kappa shape index (κ2) is 8.61. The Bertz CT molecular complexity index is 739. The van der Waals surface area contributed by atoms with Gasteiger partial charge in [-0.2, -0.15) is 0 Å². The zero-order chi connectivity index (χ0) is 18.6. The summed E-state index contributed by atoms with van der Waals surface area (Å²) in [5.41, 5.74) is 0. The molecule has 0 bridgehead atoms. The molecule has 2 fully saturated rings. The van der Waals surface area contributed by atoms with Crippen LogP contribution in [0.3, 0.4) is 0 Å². The highest BCUT2D eigenvalue weighted by Crippen LogP contribution is 2.47. The molecule has 0 spiro atoms. The summed E-state index contributed by atoms with van der Waals surface area (Å²) in [5.74, 6) is 4.11. The summed E-state index contributed by atoms with van der Waals surface area (Å²) >= 11 is 1.83. The fourth-order valence-electron chi connectivity index (χ4n) is 4.11. The van der Waals surface area contributed by atoms with Crippen LogP contribution in [0, 0.1) is 11.8 Å². The molecule has 1 N–H and O–H groups in total. The van der Waals surface area contributed by atoms with Crippen LogP contribution >= 0.6 is 11.3 Å². The van der Waals surface area contributed by atoms with E-state index in [2.05, 4.69) is 40.7 Å². The number of carbonyl (C=O) groups excluding carboxylic acids is 1. The largest absolute Gasteiger partial charge is 0.466 e. The van der Waals surface area contributed by atoms with Gasteiger partial charge < -0.3 is 9.73 Å². The fraction of sp³-hybridized carbons (Fsp3) is 0.591. The Morgan fingerprint density at radius 3 is 3.04 bits per heavy atom. The first kappa shape index (κ1) is 18.8. The van der Waals surface area contributed by atoms with Gasteiger partial charge in [0.1, 0.15) is 11.5 Å². The standard InChI is InChI=1S/C22H30N2O2S/c1-16-12-20(16)21-8-6-18(26-21)7-9-22(25)23-13-17-4-2-10-24(14-17)15-19-5-3-11-27-19/h3,5-6,8,11,16-17,20H,2,4,7,9-10,12-15H2,1H3,(H,23,25)/t16-,17+,20-/m1/s1. The van der Waals surface area contributed by atoms with E-state index in [1.807, 2.05) is 17.4 Å². The normalized spacial score (nSPS) is 25.4. The molecule has 27 heavy (non-hydrogen) atoms. The van der Waals surface area contributed by atoms with E-state index in [1.165, 1.54) is 30.7 Å². The van der Waals surface area contributed by atoms with Gasteiger partial charge in [-0.3, -0.25) is 9.69 Å². The van der Waals surface area contributed by atoms with Crippen molar-refractivity contribution >= 4 is 17.2 Å². The van der Waals surface area contributed by atoms with Gasteiger partial charge in [-0.05, 0) is 61.2 Å². The SMILES string of the molecule is C[C@@H]1C[C@H]1c1ccc(CCC(=O)NC[C@@H]2CCCN(Cc3cccs3)C2)o1. The minimum absolute atomic E-state index is 0.142. The van der Waals surface area contributed by atoms with Crippen LogP contribution in [0.25, 0.3) is 0 Å². The Morgan fingerprint density at radius 1 is 1.37 bits per heavy atom. The van der Waals surface area contributed by atoms with E-state index in [4.69, 9.17) is 4.42 Å². The molecule has 5 heteroatoms. The number of rotatable bonds is 8. The summed E-state index contributed by atoms with van der Waals surface area (Å²) in [6.07, 6.45) is 4.88. The summed E-state index contributed by atoms with van der Waals surface area (Å²) in [7, 11) is 0. The number of aryl methyl sites for hydroxylation is 1. The van der Waals surface area contributed by atoms with Crippen LogP contribution in [0.4, 0.5) is 0 Å². The molecule has 0 aromatic carbocycles. The number of amides is 1. The van der Waals surface area contributed by atoms with Crippen LogP contribution in [0.5, 0.6) is 0 Å². The number of nitrogens with one attached hydrogen (secondary N) is 1. The van der Waals surface area contributed by atoms with Gasteiger partial charge >= 0.3 is 0 Å². The van der Waals surface area contributed by atoms with Crippen LogP contribution in [-0.4, -0.2) is 30.4 Å². The molecule has 0 unspecified atom stereocenters. The lowest BCUT2D eigenvalue weighted by atomic mass is 9.98. The Morgan fingerprint density at radius 2 is 2.26 bits per heavy atom. The van der Waals surface area contributed by atoms with Gasteiger partial charge in [0, 0.05) is 43.3 Å². The first-order valence-corrected chi connectivity index (χ1v) is 11.2. The number of thiophene rings is 1. The fourth-order valence-corrected chi connectivity index (χ4v) is 4.86. The van der Waals surface area contributed by atoms with Crippen LogP contribution in [-0.2, 0) is 17.8 Å². The van der Waals surface area contributed by atoms with E-state index in [0.717, 1.165) is 37.1 Å². The molecule has 4 rings (SSSR count). The molecule has 1 saturated heterocycles. The molecule has 2 aromatic rings. The Balaban J connectivity index is 1.16. The third-order valence-electron chi connectivity index (χ3n) is 5.91. The predicted octanol–water partition coefficient (Wildman–Crippen LogP) is 4.43. The minimum atomic E-state index is 0.142. The summed E-state index contributed by atoms with van der Waals surface area (Å²) in [6, 6.07) is 8.46. The second-order valence-electron chi connectivity index (χ2n) is 8.25. The first-order valence-electron chi connectivity index (χ1n) is 10.3. The van der Waals surface area contributed by atoms with E-state index < -0.39 is 0 Å². The number of hydrogen-bond acceptors (Lipinski definition) is 4. The van der Waals surface area contributed by atoms with Crippen molar-refractivity contribution in [2.45, 2.75) is 51.5 Å². The topological polar surface area (TPSA) is 45.5 Å². The number of piperidine rings is 1. The lowest BCUT2D eigenvalue weighted by Gasteiger charge is -2.32. The van der Waals surface area contributed by atoms with Gasteiger partial charge in [-0.15, -0.1) is 11.3 Å². The van der Waals surface area contributed by atoms with E-state index in [9.17, 15) is 4.79 Å². The molecular weight excluding hydrogens is 356 g/mol. The molecule has 3 heterocycles. The third-order valence-corrected chi connectivity index (χ3v) is 6.77. The van der Waals surface area contributed by atoms with Crippen molar-refractivity contribution in [2.24, 2.45) is 11.8 Å². The van der Waals surface area contributed by atoms with Crippen molar-refractivity contribution in [1.82, 2.24) is 10.2 Å². The van der Waals surface area contributed by atoms with E-state index in [1.54, 1.807) is 0 Å². The monoisotopic (exact) mass is 386 g/mol. The van der Waals surface area contributed by atoms with Crippen LogP contribution in [0.15, 0.2) is 34.1 Å². The van der Waals surface area contributed by atoms with Crippen LogP contribution < -0.4 is 5.32 Å². The predicted molar refractivity (Wildman–Crippen MR) is 109 cm³/mol. The maximum atomic E-state index is 12.2. The number of carbonyl (C=O) groups is 1. The quantitative estimate of drug-likeness (QED) is 0.730. The Kier molecular flexibility index (Phi) is 5.98. The second-order valence-corrected chi connectivity index (χ2v) is 9.28. The molecule has 1 aliphatic carbocycles. The van der Waals surface area contributed by atoms with Crippen molar-refractivity contribution in [1.29, 1.82) is 0 Å². The zero-order valence-corrected chi connectivity index (χ0v) is 17.0. The van der Waals surface area contributed by atoms with Crippen LogP contribution in [0.1, 0.15) is 54.9 Å². The summed E-state index contributed by atoms with van der Waals surface area (Å²) < 4.78 is 5.90. The molecule has 146 valence electrons. The molecule has 1 amide bonds. The minimum Gasteiger partial charge on any atom is -0.466 e. The molecule has 4 nitrogen and oxygen atoms in total. The highest BCUT2D eigenvalue weighted by Gasteiger charge is 2.36. The highest BCUT2D eigenvalue weighted by atomic mass is 32.1. The average Bonchev–Trinajstić information content (AvgIpc) is 3.07. The number of nitrogens with zero attached hydrogens (tertiary/aromatic N) is 1.